The number of carbonyl (C=O) groups is 2. The highest BCUT2D eigenvalue weighted by molar-refractivity contribution is 9.11. The fourth-order valence-electron chi connectivity index (χ4n) is 1.53. The number of halogens is 1. The standard InChI is InChI=1S/C13H11BrN2O4S/c1-7(17)20-10-4-3-8(19-2)5-9(10)12(18)16-13-15-6-11(14)21-13/h3-6H,1-2H3,(H,15,16,18). The lowest BCUT2D eigenvalue weighted by Crippen LogP contribution is -2.15. The molecule has 0 radical (unpaired) electrons. The molecular weight excluding hydrogens is 360 g/mol. The number of benzene rings is 1. The molecule has 0 saturated carbocycles. The fraction of sp³-hybridized carbons (Fsp3) is 0.154. The van der Waals surface area contributed by atoms with Crippen molar-refractivity contribution in [2.75, 3.05) is 12.4 Å². The van der Waals surface area contributed by atoms with Gasteiger partial charge in [-0.25, -0.2) is 4.98 Å². The zero-order valence-electron chi connectivity index (χ0n) is 11.2. The van der Waals surface area contributed by atoms with E-state index in [4.69, 9.17) is 9.47 Å². The van der Waals surface area contributed by atoms with Crippen LogP contribution >= 0.6 is 27.3 Å². The first kappa shape index (κ1) is 15.5. The zero-order valence-corrected chi connectivity index (χ0v) is 13.6. The van der Waals surface area contributed by atoms with E-state index >= 15 is 0 Å². The van der Waals surface area contributed by atoms with E-state index in [0.717, 1.165) is 3.79 Å². The highest BCUT2D eigenvalue weighted by Gasteiger charge is 2.17. The number of methoxy groups -OCH3 is 1. The number of thiazole rings is 1. The Morgan fingerprint density at radius 1 is 1.38 bits per heavy atom. The first-order chi connectivity index (χ1) is 9.99. The molecule has 2 rings (SSSR count). The molecule has 0 saturated heterocycles. The lowest BCUT2D eigenvalue weighted by molar-refractivity contribution is -0.131. The Bertz CT molecular complexity index is 687. The summed E-state index contributed by atoms with van der Waals surface area (Å²) >= 11 is 4.54. The number of amides is 1. The van der Waals surface area contributed by atoms with Gasteiger partial charge in [-0.15, -0.1) is 0 Å². The molecule has 0 atom stereocenters. The lowest BCUT2D eigenvalue weighted by Gasteiger charge is -2.10. The maximum atomic E-state index is 12.3. The van der Waals surface area contributed by atoms with Gasteiger partial charge in [0.2, 0.25) is 0 Å². The average molecular weight is 371 g/mol. The molecular formula is C13H11BrN2O4S. The van der Waals surface area contributed by atoms with Crippen molar-refractivity contribution in [1.29, 1.82) is 0 Å². The molecule has 8 heteroatoms. The monoisotopic (exact) mass is 370 g/mol. The second-order valence-corrected chi connectivity index (χ2v) is 6.29. The Morgan fingerprint density at radius 2 is 2.14 bits per heavy atom. The number of nitrogens with zero attached hydrogens (tertiary/aromatic N) is 1. The van der Waals surface area contributed by atoms with Crippen LogP contribution in [0.3, 0.4) is 0 Å². The number of hydrogen-bond acceptors (Lipinski definition) is 6. The molecule has 1 aromatic heterocycles. The van der Waals surface area contributed by atoms with E-state index in [2.05, 4.69) is 26.2 Å². The predicted molar refractivity (Wildman–Crippen MR) is 82.1 cm³/mol. The highest BCUT2D eigenvalue weighted by atomic mass is 79.9. The van der Waals surface area contributed by atoms with Gasteiger partial charge < -0.3 is 9.47 Å². The Kier molecular flexibility index (Phi) is 4.92. The van der Waals surface area contributed by atoms with Crippen molar-refractivity contribution in [2.45, 2.75) is 6.92 Å². The number of carbonyl (C=O) groups excluding carboxylic acids is 2. The molecule has 6 nitrogen and oxygen atoms in total. The van der Waals surface area contributed by atoms with Crippen LogP contribution in [-0.4, -0.2) is 24.0 Å². The first-order valence-corrected chi connectivity index (χ1v) is 7.39. The van der Waals surface area contributed by atoms with Crippen LogP contribution in [-0.2, 0) is 4.79 Å². The quantitative estimate of drug-likeness (QED) is 0.660. The molecule has 0 unspecified atom stereocenters. The van der Waals surface area contributed by atoms with Crippen molar-refractivity contribution in [3.63, 3.8) is 0 Å². The molecule has 110 valence electrons. The minimum Gasteiger partial charge on any atom is -0.497 e. The maximum Gasteiger partial charge on any atom is 0.308 e. The fourth-order valence-corrected chi connectivity index (χ4v) is 2.64. The minimum absolute atomic E-state index is 0.163. The SMILES string of the molecule is COc1ccc(OC(C)=O)c(C(=O)Nc2ncc(Br)s2)c1. The van der Waals surface area contributed by atoms with Gasteiger partial charge in [0.05, 0.1) is 22.7 Å². The molecule has 0 bridgehead atoms. The van der Waals surface area contributed by atoms with Crippen molar-refractivity contribution in [2.24, 2.45) is 0 Å². The number of anilines is 1. The van der Waals surface area contributed by atoms with E-state index in [1.807, 2.05) is 0 Å². The van der Waals surface area contributed by atoms with Crippen LogP contribution < -0.4 is 14.8 Å². The van der Waals surface area contributed by atoms with Crippen molar-refractivity contribution < 1.29 is 19.1 Å². The minimum atomic E-state index is -0.508. The summed E-state index contributed by atoms with van der Waals surface area (Å²) < 4.78 is 10.9. The smallest absolute Gasteiger partial charge is 0.308 e. The molecule has 1 N–H and O–H groups in total. The van der Waals surface area contributed by atoms with Crippen LogP contribution in [0.2, 0.25) is 0 Å². The van der Waals surface area contributed by atoms with Crippen molar-refractivity contribution in [1.82, 2.24) is 4.98 Å². The highest BCUT2D eigenvalue weighted by Crippen LogP contribution is 2.27. The van der Waals surface area contributed by atoms with Crippen LogP contribution in [0.15, 0.2) is 28.2 Å². The molecule has 0 fully saturated rings. The lowest BCUT2D eigenvalue weighted by atomic mass is 10.1. The van der Waals surface area contributed by atoms with E-state index < -0.39 is 11.9 Å². The van der Waals surface area contributed by atoms with E-state index in [0.29, 0.717) is 10.9 Å². The Labute approximate surface area is 133 Å². The zero-order chi connectivity index (χ0) is 15.4. The summed E-state index contributed by atoms with van der Waals surface area (Å²) in [6.45, 7) is 1.27. The van der Waals surface area contributed by atoms with Crippen molar-refractivity contribution >= 4 is 44.3 Å². The Morgan fingerprint density at radius 3 is 2.71 bits per heavy atom. The molecule has 0 aliphatic heterocycles. The summed E-state index contributed by atoms with van der Waals surface area (Å²) in [6.07, 6.45) is 1.58. The third-order valence-electron chi connectivity index (χ3n) is 2.38. The largest absolute Gasteiger partial charge is 0.497 e. The Balaban J connectivity index is 2.30. The summed E-state index contributed by atoms with van der Waals surface area (Å²) in [7, 11) is 1.49. The third kappa shape index (κ3) is 4.02. The molecule has 1 amide bonds. The predicted octanol–water partition coefficient (Wildman–Crippen LogP) is 3.09. The molecule has 21 heavy (non-hydrogen) atoms. The molecule has 0 aliphatic carbocycles. The number of nitrogens with one attached hydrogen (secondary N) is 1. The van der Waals surface area contributed by atoms with Gasteiger partial charge in [0, 0.05) is 6.92 Å². The molecule has 2 aromatic rings. The summed E-state index contributed by atoms with van der Waals surface area (Å²) in [4.78, 5) is 27.4. The van der Waals surface area contributed by atoms with Crippen LogP contribution in [0.5, 0.6) is 11.5 Å². The van der Waals surface area contributed by atoms with Crippen molar-refractivity contribution in [3.8, 4) is 11.5 Å². The van der Waals surface area contributed by atoms with Gasteiger partial charge in [0.25, 0.3) is 5.91 Å². The van der Waals surface area contributed by atoms with Crippen LogP contribution in [0.25, 0.3) is 0 Å². The molecule has 0 spiro atoms. The Hall–Kier alpha value is -1.93. The third-order valence-corrected chi connectivity index (χ3v) is 3.77. The van der Waals surface area contributed by atoms with Gasteiger partial charge in [-0.2, -0.15) is 0 Å². The number of esters is 1. The second kappa shape index (κ2) is 6.68. The van der Waals surface area contributed by atoms with E-state index in [1.54, 1.807) is 12.3 Å². The van der Waals surface area contributed by atoms with Gasteiger partial charge in [0.1, 0.15) is 11.5 Å². The van der Waals surface area contributed by atoms with Gasteiger partial charge in [-0.05, 0) is 34.1 Å². The van der Waals surface area contributed by atoms with Crippen LogP contribution in [0.1, 0.15) is 17.3 Å². The van der Waals surface area contributed by atoms with Crippen LogP contribution in [0, 0.1) is 0 Å². The average Bonchev–Trinajstić information content (AvgIpc) is 2.83. The number of hydrogen-bond donors (Lipinski definition) is 1. The van der Waals surface area contributed by atoms with E-state index in [-0.39, 0.29) is 11.3 Å². The van der Waals surface area contributed by atoms with Gasteiger partial charge >= 0.3 is 5.97 Å². The van der Waals surface area contributed by atoms with Crippen molar-refractivity contribution in [3.05, 3.63) is 33.7 Å². The summed E-state index contributed by atoms with van der Waals surface area (Å²) in [5.74, 6) is -0.300. The van der Waals surface area contributed by atoms with Gasteiger partial charge in [-0.1, -0.05) is 11.3 Å². The summed E-state index contributed by atoms with van der Waals surface area (Å²) in [5.41, 5.74) is 0.191. The van der Waals surface area contributed by atoms with Crippen LogP contribution in [0.4, 0.5) is 5.13 Å². The van der Waals surface area contributed by atoms with E-state index in [1.165, 1.54) is 37.5 Å². The summed E-state index contributed by atoms with van der Waals surface area (Å²) in [5, 5.41) is 3.07. The molecule has 0 aliphatic rings. The normalized spacial score (nSPS) is 10.0. The van der Waals surface area contributed by atoms with Gasteiger partial charge in [-0.3, -0.25) is 14.9 Å². The van der Waals surface area contributed by atoms with Gasteiger partial charge in [0.15, 0.2) is 5.13 Å². The number of ether oxygens (including phenoxy) is 2. The van der Waals surface area contributed by atoms with E-state index in [9.17, 15) is 9.59 Å². The topological polar surface area (TPSA) is 77.5 Å². The maximum absolute atomic E-state index is 12.3. The number of rotatable bonds is 4. The molecule has 1 heterocycles. The molecule has 1 aromatic carbocycles. The first-order valence-electron chi connectivity index (χ1n) is 5.78. The second-order valence-electron chi connectivity index (χ2n) is 3.88. The summed E-state index contributed by atoms with van der Waals surface area (Å²) in [6, 6.07) is 4.61. The number of aromatic nitrogens is 1.